The summed E-state index contributed by atoms with van der Waals surface area (Å²) in [5.74, 6) is -2.55. The standard InChI is InChI=1S/C16H14N2O6/c19-13(11-3-1-7-17-11)9-23-15(21)5-6-16(22)24-10-14(20)12-4-2-8-18-12/h1-8,17-18H,9-10H2/b6-5+. The third-order valence-corrected chi connectivity index (χ3v) is 2.84. The fraction of sp³-hybridized carbons (Fsp3) is 0.125. The lowest BCUT2D eigenvalue weighted by Crippen LogP contribution is -2.14. The number of ketones is 2. The number of esters is 2. The first-order valence-corrected chi connectivity index (χ1v) is 6.91. The van der Waals surface area contributed by atoms with Gasteiger partial charge in [-0.3, -0.25) is 9.59 Å². The smallest absolute Gasteiger partial charge is 0.331 e. The monoisotopic (exact) mass is 330 g/mol. The molecule has 0 amide bonds. The summed E-state index contributed by atoms with van der Waals surface area (Å²) in [5.41, 5.74) is 0.628. The number of H-pyrrole nitrogens is 2. The first kappa shape index (κ1) is 16.9. The van der Waals surface area contributed by atoms with Crippen LogP contribution in [0.4, 0.5) is 0 Å². The molecule has 0 bridgehead atoms. The van der Waals surface area contributed by atoms with E-state index in [2.05, 4.69) is 19.4 Å². The zero-order chi connectivity index (χ0) is 17.4. The second-order valence-electron chi connectivity index (χ2n) is 4.56. The van der Waals surface area contributed by atoms with Crippen molar-refractivity contribution < 1.29 is 28.7 Å². The number of nitrogens with one attached hydrogen (secondary N) is 2. The average molecular weight is 330 g/mol. The van der Waals surface area contributed by atoms with Crippen LogP contribution in [0.3, 0.4) is 0 Å². The van der Waals surface area contributed by atoms with E-state index in [0.29, 0.717) is 11.4 Å². The Bertz CT molecular complexity index is 679. The van der Waals surface area contributed by atoms with Crippen molar-refractivity contribution >= 4 is 23.5 Å². The highest BCUT2D eigenvalue weighted by molar-refractivity contribution is 5.99. The van der Waals surface area contributed by atoms with E-state index in [-0.39, 0.29) is 0 Å². The summed E-state index contributed by atoms with van der Waals surface area (Å²) in [6, 6.07) is 6.37. The Labute approximate surface area is 136 Å². The van der Waals surface area contributed by atoms with Crippen molar-refractivity contribution in [3.05, 3.63) is 60.2 Å². The lowest BCUT2D eigenvalue weighted by molar-refractivity contribution is -0.139. The summed E-state index contributed by atoms with van der Waals surface area (Å²) >= 11 is 0. The van der Waals surface area contributed by atoms with Crippen LogP contribution in [0.1, 0.15) is 21.0 Å². The molecule has 0 aromatic carbocycles. The van der Waals surface area contributed by atoms with Crippen LogP contribution in [0.2, 0.25) is 0 Å². The summed E-state index contributed by atoms with van der Waals surface area (Å²) < 4.78 is 9.38. The quantitative estimate of drug-likeness (QED) is 0.424. The van der Waals surface area contributed by atoms with Crippen LogP contribution in [0, 0.1) is 0 Å². The van der Waals surface area contributed by atoms with E-state index in [1.807, 2.05) is 0 Å². The van der Waals surface area contributed by atoms with E-state index in [1.54, 1.807) is 36.7 Å². The molecule has 2 heterocycles. The normalized spacial score (nSPS) is 10.5. The molecule has 0 fully saturated rings. The molecule has 0 atom stereocenters. The lowest BCUT2D eigenvalue weighted by Gasteiger charge is -2.01. The Hall–Kier alpha value is -3.42. The highest BCUT2D eigenvalue weighted by Gasteiger charge is 2.11. The van der Waals surface area contributed by atoms with Crippen LogP contribution < -0.4 is 0 Å². The van der Waals surface area contributed by atoms with E-state index in [9.17, 15) is 19.2 Å². The second kappa shape index (κ2) is 8.28. The van der Waals surface area contributed by atoms with Crippen molar-refractivity contribution in [2.45, 2.75) is 0 Å². The van der Waals surface area contributed by atoms with Crippen molar-refractivity contribution in [1.82, 2.24) is 9.97 Å². The number of carbonyl (C=O) groups is 4. The van der Waals surface area contributed by atoms with Gasteiger partial charge in [0.2, 0.25) is 11.6 Å². The summed E-state index contributed by atoms with van der Waals surface area (Å²) in [6.07, 6.45) is 4.78. The topological polar surface area (TPSA) is 118 Å². The summed E-state index contributed by atoms with van der Waals surface area (Å²) in [4.78, 5) is 51.3. The Kier molecular flexibility index (Phi) is 5.84. The van der Waals surface area contributed by atoms with Gasteiger partial charge in [0.05, 0.1) is 11.4 Å². The first-order valence-electron chi connectivity index (χ1n) is 6.91. The molecular formula is C16H14N2O6. The molecule has 2 N–H and O–H groups in total. The SMILES string of the molecule is O=C(/C=C/C(=O)OCC(=O)c1ccc[nH]1)OCC(=O)c1ccc[nH]1. The molecule has 0 aliphatic heterocycles. The van der Waals surface area contributed by atoms with Crippen LogP contribution in [-0.2, 0) is 19.1 Å². The number of aromatic amines is 2. The van der Waals surface area contributed by atoms with Crippen LogP contribution in [-0.4, -0.2) is 46.7 Å². The van der Waals surface area contributed by atoms with Gasteiger partial charge >= 0.3 is 11.9 Å². The van der Waals surface area contributed by atoms with Gasteiger partial charge in [0.25, 0.3) is 0 Å². The Morgan fingerprint density at radius 3 is 1.54 bits per heavy atom. The molecular weight excluding hydrogens is 316 g/mol. The molecule has 2 rings (SSSR count). The van der Waals surface area contributed by atoms with Gasteiger partial charge in [0.1, 0.15) is 0 Å². The molecule has 24 heavy (non-hydrogen) atoms. The summed E-state index contributed by atoms with van der Waals surface area (Å²) in [6.45, 7) is -0.909. The summed E-state index contributed by atoms with van der Waals surface area (Å²) in [5, 5.41) is 0. The van der Waals surface area contributed by atoms with Gasteiger partial charge in [0, 0.05) is 24.5 Å². The van der Waals surface area contributed by atoms with Gasteiger partial charge in [-0.1, -0.05) is 0 Å². The third-order valence-electron chi connectivity index (χ3n) is 2.84. The van der Waals surface area contributed by atoms with Crippen molar-refractivity contribution in [1.29, 1.82) is 0 Å². The second-order valence-corrected chi connectivity index (χ2v) is 4.56. The first-order chi connectivity index (χ1) is 11.6. The third kappa shape index (κ3) is 5.09. The van der Waals surface area contributed by atoms with Crippen molar-refractivity contribution in [2.24, 2.45) is 0 Å². The zero-order valence-corrected chi connectivity index (χ0v) is 12.5. The predicted octanol–water partition coefficient (Wildman–Crippen LogP) is 1.05. The van der Waals surface area contributed by atoms with Crippen molar-refractivity contribution in [3.63, 3.8) is 0 Å². The lowest BCUT2D eigenvalue weighted by atomic mass is 10.3. The van der Waals surface area contributed by atoms with Crippen LogP contribution in [0.15, 0.2) is 48.8 Å². The van der Waals surface area contributed by atoms with E-state index in [0.717, 1.165) is 12.2 Å². The van der Waals surface area contributed by atoms with Gasteiger partial charge in [-0.2, -0.15) is 0 Å². The molecule has 0 unspecified atom stereocenters. The van der Waals surface area contributed by atoms with E-state index in [1.165, 1.54) is 0 Å². The minimum absolute atomic E-state index is 0.314. The van der Waals surface area contributed by atoms with Gasteiger partial charge in [-0.15, -0.1) is 0 Å². The number of ether oxygens (including phenoxy) is 2. The Balaban J connectivity index is 1.70. The molecule has 2 aromatic heterocycles. The number of carbonyl (C=O) groups excluding carboxylic acids is 4. The highest BCUT2D eigenvalue weighted by Crippen LogP contribution is 1.98. The maximum atomic E-state index is 11.6. The zero-order valence-electron chi connectivity index (χ0n) is 12.5. The van der Waals surface area contributed by atoms with E-state index in [4.69, 9.17) is 0 Å². The molecule has 0 aliphatic carbocycles. The van der Waals surface area contributed by atoms with Gasteiger partial charge in [0.15, 0.2) is 13.2 Å². The van der Waals surface area contributed by atoms with Crippen LogP contribution >= 0.6 is 0 Å². The van der Waals surface area contributed by atoms with Crippen LogP contribution in [0.25, 0.3) is 0 Å². The molecule has 8 heteroatoms. The molecule has 2 aromatic rings. The van der Waals surface area contributed by atoms with E-state index >= 15 is 0 Å². The van der Waals surface area contributed by atoms with Gasteiger partial charge in [-0.25, -0.2) is 9.59 Å². The predicted molar refractivity (Wildman–Crippen MR) is 81.3 cm³/mol. The number of hydrogen-bond acceptors (Lipinski definition) is 6. The number of hydrogen-bond donors (Lipinski definition) is 2. The molecule has 124 valence electrons. The fourth-order valence-corrected chi connectivity index (χ4v) is 1.67. The van der Waals surface area contributed by atoms with E-state index < -0.39 is 36.7 Å². The highest BCUT2D eigenvalue weighted by atomic mass is 16.5. The fourth-order valence-electron chi connectivity index (χ4n) is 1.67. The van der Waals surface area contributed by atoms with Crippen molar-refractivity contribution in [2.75, 3.05) is 13.2 Å². The number of rotatable bonds is 8. The molecule has 8 nitrogen and oxygen atoms in total. The number of aromatic nitrogens is 2. The van der Waals surface area contributed by atoms with Gasteiger partial charge < -0.3 is 19.4 Å². The molecule has 0 saturated carbocycles. The minimum Gasteiger partial charge on any atom is -0.454 e. The Morgan fingerprint density at radius 1 is 0.792 bits per heavy atom. The molecule has 0 radical (unpaired) electrons. The minimum atomic E-state index is -0.873. The Morgan fingerprint density at radius 2 is 1.21 bits per heavy atom. The molecule has 0 saturated heterocycles. The summed E-state index contributed by atoms with van der Waals surface area (Å²) in [7, 11) is 0. The largest absolute Gasteiger partial charge is 0.454 e. The van der Waals surface area contributed by atoms with Gasteiger partial charge in [-0.05, 0) is 24.3 Å². The van der Waals surface area contributed by atoms with Crippen LogP contribution in [0.5, 0.6) is 0 Å². The molecule has 0 spiro atoms. The average Bonchev–Trinajstić information content (AvgIpc) is 3.28. The maximum Gasteiger partial charge on any atom is 0.331 e. The molecule has 0 aliphatic rings. The van der Waals surface area contributed by atoms with Crippen molar-refractivity contribution in [3.8, 4) is 0 Å². The maximum absolute atomic E-state index is 11.6. The number of Topliss-reactive ketones (excluding diaryl/α,β-unsaturated/α-hetero) is 2.